The summed E-state index contributed by atoms with van der Waals surface area (Å²) in [5.41, 5.74) is 0.705. The monoisotopic (exact) mass is 440 g/mol. The molecular formula is C24H48O3Si2. The third-order valence-corrected chi connectivity index (χ3v) is 12.9. The van der Waals surface area contributed by atoms with E-state index >= 15 is 0 Å². The Morgan fingerprint density at radius 1 is 0.931 bits per heavy atom. The molecule has 0 bridgehead atoms. The summed E-state index contributed by atoms with van der Waals surface area (Å²) >= 11 is 0. The third-order valence-electron chi connectivity index (χ3n) is 6.42. The molecule has 5 heteroatoms. The third kappa shape index (κ3) is 10.6. The Morgan fingerprint density at radius 2 is 1.48 bits per heavy atom. The Morgan fingerprint density at radius 3 is 1.97 bits per heavy atom. The second-order valence-electron chi connectivity index (χ2n) is 9.50. The van der Waals surface area contributed by atoms with Gasteiger partial charge in [0.15, 0.2) is 0 Å². The molecule has 0 heterocycles. The van der Waals surface area contributed by atoms with E-state index in [1.54, 1.807) is 0 Å². The summed E-state index contributed by atoms with van der Waals surface area (Å²) in [7, 11) is -1.64. The van der Waals surface area contributed by atoms with E-state index in [0.717, 1.165) is 6.04 Å². The molecule has 1 saturated carbocycles. The number of hydrogen-bond donors (Lipinski definition) is 0. The second kappa shape index (κ2) is 15.6. The van der Waals surface area contributed by atoms with E-state index in [9.17, 15) is 4.79 Å². The Kier molecular flexibility index (Phi) is 14.5. The fraction of sp³-hybridized carbons (Fsp3) is 0.958. The van der Waals surface area contributed by atoms with Gasteiger partial charge in [0.25, 0.3) is 14.3 Å². The normalized spacial score (nSPS) is 16.5. The van der Waals surface area contributed by atoms with Crippen molar-refractivity contribution in [3.8, 4) is 0 Å². The molecule has 0 amide bonds. The van der Waals surface area contributed by atoms with Gasteiger partial charge in [-0.25, -0.2) is 0 Å². The van der Waals surface area contributed by atoms with Crippen LogP contribution in [0, 0.1) is 5.92 Å². The predicted molar refractivity (Wildman–Crippen MR) is 128 cm³/mol. The zero-order valence-corrected chi connectivity index (χ0v) is 22.1. The van der Waals surface area contributed by atoms with Crippen LogP contribution in [-0.2, 0) is 13.6 Å². The number of rotatable bonds is 17. The van der Waals surface area contributed by atoms with Gasteiger partial charge in [0, 0.05) is 6.10 Å². The van der Waals surface area contributed by atoms with Crippen LogP contribution < -0.4 is 0 Å². The largest absolute Gasteiger partial charge is 0.519 e. The van der Waals surface area contributed by atoms with Crippen LogP contribution in [0.15, 0.2) is 0 Å². The zero-order valence-electron chi connectivity index (χ0n) is 20.1. The van der Waals surface area contributed by atoms with E-state index in [0.29, 0.717) is 15.3 Å². The number of carbonyl (C=O) groups is 1. The molecule has 0 aromatic carbocycles. The summed E-state index contributed by atoms with van der Waals surface area (Å²) in [6.07, 6.45) is 15.7. The highest BCUT2D eigenvalue weighted by molar-refractivity contribution is 6.76. The molecule has 170 valence electrons. The first-order valence-corrected chi connectivity index (χ1v) is 16.1. The van der Waals surface area contributed by atoms with Gasteiger partial charge in [0.05, 0.1) is 5.92 Å². The van der Waals surface area contributed by atoms with E-state index < -0.39 is 8.32 Å². The lowest BCUT2D eigenvalue weighted by Crippen LogP contribution is -2.45. The van der Waals surface area contributed by atoms with Gasteiger partial charge >= 0.3 is 0 Å². The smallest absolute Gasteiger partial charge is 0.295 e. The van der Waals surface area contributed by atoms with E-state index in [4.69, 9.17) is 8.85 Å². The SMILES string of the molecule is CCCCCC[Si](CCCCCC)(OC(=O)C(C)C[Si]OC(C)C)C1CCCC1. The first-order valence-electron chi connectivity index (χ1n) is 12.6. The average Bonchev–Trinajstić information content (AvgIpc) is 3.23. The van der Waals surface area contributed by atoms with Crippen LogP contribution in [0.4, 0.5) is 0 Å². The Balaban J connectivity index is 2.81. The van der Waals surface area contributed by atoms with Gasteiger partial charge in [-0.3, -0.25) is 4.79 Å². The summed E-state index contributed by atoms with van der Waals surface area (Å²) in [6, 6.07) is 3.21. The van der Waals surface area contributed by atoms with Crippen molar-refractivity contribution in [2.24, 2.45) is 5.92 Å². The lowest BCUT2D eigenvalue weighted by molar-refractivity contribution is -0.139. The maximum atomic E-state index is 13.1. The molecule has 1 fully saturated rings. The summed E-state index contributed by atoms with van der Waals surface area (Å²) in [5, 5.41) is 0. The van der Waals surface area contributed by atoms with E-state index in [1.807, 2.05) is 6.92 Å². The molecule has 29 heavy (non-hydrogen) atoms. The minimum atomic E-state index is -2.04. The second-order valence-corrected chi connectivity index (χ2v) is 14.6. The summed E-state index contributed by atoms with van der Waals surface area (Å²) in [6.45, 7) is 10.7. The average molecular weight is 441 g/mol. The highest BCUT2D eigenvalue weighted by Gasteiger charge is 2.46. The summed E-state index contributed by atoms with van der Waals surface area (Å²) < 4.78 is 12.4. The molecule has 0 spiro atoms. The lowest BCUT2D eigenvalue weighted by atomic mass is 10.2. The Labute approximate surface area is 185 Å². The fourth-order valence-electron chi connectivity index (χ4n) is 4.60. The molecule has 0 N–H and O–H groups in total. The van der Waals surface area contributed by atoms with E-state index in [1.165, 1.54) is 89.1 Å². The van der Waals surface area contributed by atoms with Gasteiger partial charge in [0.2, 0.25) is 9.76 Å². The minimum Gasteiger partial charge on any atom is -0.519 e. The molecule has 0 aromatic rings. The maximum Gasteiger partial charge on any atom is 0.295 e. The van der Waals surface area contributed by atoms with Crippen molar-refractivity contribution in [3.63, 3.8) is 0 Å². The fourth-order valence-corrected chi connectivity index (χ4v) is 10.6. The van der Waals surface area contributed by atoms with Gasteiger partial charge in [-0.05, 0) is 50.4 Å². The van der Waals surface area contributed by atoms with Gasteiger partial charge < -0.3 is 8.85 Å². The van der Waals surface area contributed by atoms with Crippen LogP contribution in [0.1, 0.15) is 112 Å². The molecular weight excluding hydrogens is 392 g/mol. The summed E-state index contributed by atoms with van der Waals surface area (Å²) in [5.74, 6) is 0.0426. The molecule has 1 rings (SSSR count). The van der Waals surface area contributed by atoms with Crippen molar-refractivity contribution in [3.05, 3.63) is 0 Å². The van der Waals surface area contributed by atoms with Crippen LogP contribution >= 0.6 is 0 Å². The van der Waals surface area contributed by atoms with Crippen LogP contribution in [0.3, 0.4) is 0 Å². The van der Waals surface area contributed by atoms with Gasteiger partial charge in [0.1, 0.15) is 0 Å². The van der Waals surface area contributed by atoms with Crippen molar-refractivity contribution < 1.29 is 13.6 Å². The van der Waals surface area contributed by atoms with E-state index in [-0.39, 0.29) is 18.0 Å². The minimum absolute atomic E-state index is 0.0355. The predicted octanol–water partition coefficient (Wildman–Crippen LogP) is 7.68. The van der Waals surface area contributed by atoms with Crippen molar-refractivity contribution in [1.82, 2.24) is 0 Å². The van der Waals surface area contributed by atoms with Crippen molar-refractivity contribution in [1.29, 1.82) is 0 Å². The zero-order chi connectivity index (χ0) is 21.5. The maximum absolute atomic E-state index is 13.1. The number of unbranched alkanes of at least 4 members (excludes halogenated alkanes) is 6. The van der Waals surface area contributed by atoms with Gasteiger partial charge in [-0.15, -0.1) is 0 Å². The highest BCUT2D eigenvalue weighted by Crippen LogP contribution is 2.45. The number of carbonyl (C=O) groups excluding carboxylic acids is 1. The number of hydrogen-bond acceptors (Lipinski definition) is 3. The van der Waals surface area contributed by atoms with Crippen molar-refractivity contribution in [2.45, 2.75) is 141 Å². The molecule has 1 atom stereocenters. The van der Waals surface area contributed by atoms with Crippen molar-refractivity contribution in [2.75, 3.05) is 0 Å². The van der Waals surface area contributed by atoms with Crippen LogP contribution in [0.5, 0.6) is 0 Å². The molecule has 1 aliphatic rings. The highest BCUT2D eigenvalue weighted by atomic mass is 28.4. The standard InChI is InChI=1S/C24H48O3Si2/c1-6-8-10-14-18-29(19-15-11-9-7-2,23-16-12-13-17-23)27-24(25)22(5)20-28-26-21(3)4/h21-23H,6-20H2,1-5H3. The molecule has 1 unspecified atom stereocenters. The van der Waals surface area contributed by atoms with Crippen LogP contribution in [-0.4, -0.2) is 30.2 Å². The first kappa shape index (κ1) is 26.9. The Bertz CT molecular complexity index is 410. The molecule has 1 aliphatic carbocycles. The molecule has 0 saturated heterocycles. The van der Waals surface area contributed by atoms with Gasteiger partial charge in [-0.1, -0.05) is 85.0 Å². The topological polar surface area (TPSA) is 35.5 Å². The molecule has 0 aliphatic heterocycles. The lowest BCUT2D eigenvalue weighted by Gasteiger charge is -2.37. The quantitative estimate of drug-likeness (QED) is 0.172. The van der Waals surface area contributed by atoms with Crippen molar-refractivity contribution >= 4 is 24.0 Å². The van der Waals surface area contributed by atoms with E-state index in [2.05, 4.69) is 27.7 Å². The van der Waals surface area contributed by atoms with Crippen LogP contribution in [0.2, 0.25) is 23.7 Å². The van der Waals surface area contributed by atoms with Gasteiger partial charge in [-0.2, -0.15) is 0 Å². The summed E-state index contributed by atoms with van der Waals surface area (Å²) in [4.78, 5) is 13.1. The Hall–Kier alpha value is -0.136. The van der Waals surface area contributed by atoms with Crippen LogP contribution in [0.25, 0.3) is 0 Å². The first-order chi connectivity index (χ1) is 13.9. The molecule has 3 nitrogen and oxygen atoms in total. The molecule has 0 aromatic heterocycles. The molecule has 2 radical (unpaired) electrons.